The standard InChI is InChI=1S/C47H78O10/c1-3-5-7-9-11-13-15-17-19-20-22-23-25-27-29-31-33-35-42(49)54-38-40(39-55-47-46(53)45(52)44(51)41(37-48)57-47)56-43(50)36-34-32-30-28-26-24-21-18-16-14-12-10-8-6-4-2/h6,8,11-14,17-19,21,26,28,40-41,44-48,51-53H,3-5,7,9-10,15-16,20,22-25,27,29-39H2,1-2H3/b8-6-,13-11-,14-12-,19-17-,21-18-,28-26-. The summed E-state index contributed by atoms with van der Waals surface area (Å²) < 4.78 is 22.1. The SMILES string of the molecule is CC/C=C\C/C=C\C/C=C\C/C=C\CCCCC(=O)OC(COC(=O)CCCCCCCCC/C=C\C/C=C\CCCCC)COC1OC(CO)C(O)C(O)C1O. The molecule has 0 aromatic heterocycles. The number of unbranched alkanes of at least 4 members (excludes halogenated alkanes) is 12. The van der Waals surface area contributed by atoms with Crippen LogP contribution < -0.4 is 0 Å². The number of esters is 2. The minimum Gasteiger partial charge on any atom is -0.462 e. The van der Waals surface area contributed by atoms with Gasteiger partial charge in [-0.1, -0.05) is 132 Å². The van der Waals surface area contributed by atoms with Crippen LogP contribution in [0.2, 0.25) is 0 Å². The van der Waals surface area contributed by atoms with Gasteiger partial charge in [-0.25, -0.2) is 0 Å². The highest BCUT2D eigenvalue weighted by atomic mass is 16.7. The molecule has 6 atom stereocenters. The molecule has 6 unspecified atom stereocenters. The van der Waals surface area contributed by atoms with E-state index in [1.165, 1.54) is 44.9 Å². The van der Waals surface area contributed by atoms with Crippen LogP contribution in [-0.4, -0.2) is 89.0 Å². The van der Waals surface area contributed by atoms with E-state index in [1.807, 2.05) is 0 Å². The van der Waals surface area contributed by atoms with Crippen molar-refractivity contribution in [3.05, 3.63) is 72.9 Å². The summed E-state index contributed by atoms with van der Waals surface area (Å²) in [6, 6.07) is 0. The predicted octanol–water partition coefficient (Wildman–Crippen LogP) is 9.22. The average Bonchev–Trinajstić information content (AvgIpc) is 3.21. The fourth-order valence-corrected chi connectivity index (χ4v) is 6.09. The van der Waals surface area contributed by atoms with Crippen LogP contribution in [0.5, 0.6) is 0 Å². The van der Waals surface area contributed by atoms with Gasteiger partial charge in [0, 0.05) is 12.8 Å². The summed E-state index contributed by atoms with van der Waals surface area (Å²) in [6.45, 7) is 3.21. The first-order chi connectivity index (χ1) is 27.8. The van der Waals surface area contributed by atoms with Gasteiger partial charge in [-0.2, -0.15) is 0 Å². The van der Waals surface area contributed by atoms with Gasteiger partial charge in [0.1, 0.15) is 31.0 Å². The molecule has 0 aromatic carbocycles. The number of aliphatic hydroxyl groups is 4. The molecule has 1 fully saturated rings. The van der Waals surface area contributed by atoms with Crippen molar-refractivity contribution in [3.8, 4) is 0 Å². The van der Waals surface area contributed by atoms with Crippen LogP contribution >= 0.6 is 0 Å². The topological polar surface area (TPSA) is 152 Å². The fourth-order valence-electron chi connectivity index (χ4n) is 6.09. The van der Waals surface area contributed by atoms with Crippen molar-refractivity contribution in [1.29, 1.82) is 0 Å². The van der Waals surface area contributed by atoms with Gasteiger partial charge >= 0.3 is 11.9 Å². The molecule has 4 N–H and O–H groups in total. The highest BCUT2D eigenvalue weighted by Gasteiger charge is 2.44. The summed E-state index contributed by atoms with van der Waals surface area (Å²) >= 11 is 0. The maximum absolute atomic E-state index is 12.7. The van der Waals surface area contributed by atoms with E-state index in [9.17, 15) is 30.0 Å². The van der Waals surface area contributed by atoms with E-state index in [2.05, 4.69) is 86.8 Å². The van der Waals surface area contributed by atoms with E-state index in [4.69, 9.17) is 18.9 Å². The van der Waals surface area contributed by atoms with Crippen LogP contribution in [0.1, 0.15) is 155 Å². The second kappa shape index (κ2) is 37.4. The normalized spacial score (nSPS) is 21.0. The molecule has 0 bridgehead atoms. The number of aliphatic hydroxyl groups excluding tert-OH is 4. The van der Waals surface area contributed by atoms with Gasteiger partial charge in [-0.3, -0.25) is 9.59 Å². The van der Waals surface area contributed by atoms with Gasteiger partial charge in [0.15, 0.2) is 12.4 Å². The number of hydrogen-bond acceptors (Lipinski definition) is 10. The maximum atomic E-state index is 12.7. The number of hydrogen-bond donors (Lipinski definition) is 4. The molecule has 0 saturated carbocycles. The zero-order valence-corrected chi connectivity index (χ0v) is 35.3. The summed E-state index contributed by atoms with van der Waals surface area (Å²) in [5, 5.41) is 40.0. The Morgan fingerprint density at radius 1 is 0.561 bits per heavy atom. The largest absolute Gasteiger partial charge is 0.462 e. The minimum absolute atomic E-state index is 0.172. The van der Waals surface area contributed by atoms with E-state index in [0.29, 0.717) is 12.8 Å². The Hall–Kier alpha value is -2.86. The van der Waals surface area contributed by atoms with Crippen molar-refractivity contribution in [1.82, 2.24) is 0 Å². The second-order valence-electron chi connectivity index (χ2n) is 14.8. The smallest absolute Gasteiger partial charge is 0.306 e. The van der Waals surface area contributed by atoms with Crippen LogP contribution in [0, 0.1) is 0 Å². The van der Waals surface area contributed by atoms with Crippen molar-refractivity contribution in [3.63, 3.8) is 0 Å². The lowest BCUT2D eigenvalue weighted by Gasteiger charge is -2.39. The average molecular weight is 803 g/mol. The lowest BCUT2D eigenvalue weighted by Crippen LogP contribution is -2.59. The van der Waals surface area contributed by atoms with Gasteiger partial charge in [0.05, 0.1) is 13.2 Å². The molecule has 0 aromatic rings. The molecule has 326 valence electrons. The first-order valence-electron chi connectivity index (χ1n) is 22.0. The Morgan fingerprint density at radius 3 is 1.60 bits per heavy atom. The molecular formula is C47H78O10. The van der Waals surface area contributed by atoms with E-state index in [-0.39, 0.29) is 26.1 Å². The van der Waals surface area contributed by atoms with E-state index in [0.717, 1.165) is 70.6 Å². The summed E-state index contributed by atoms with van der Waals surface area (Å²) in [5.74, 6) is -0.871. The van der Waals surface area contributed by atoms with Crippen molar-refractivity contribution < 1.29 is 49.0 Å². The molecule has 1 saturated heterocycles. The lowest BCUT2D eigenvalue weighted by molar-refractivity contribution is -0.305. The summed E-state index contributed by atoms with van der Waals surface area (Å²) in [7, 11) is 0. The fraction of sp³-hybridized carbons (Fsp3) is 0.702. The molecule has 10 nitrogen and oxygen atoms in total. The summed E-state index contributed by atoms with van der Waals surface area (Å²) in [6.07, 6.45) is 39.1. The Morgan fingerprint density at radius 2 is 1.04 bits per heavy atom. The molecule has 0 amide bonds. The summed E-state index contributed by atoms with van der Waals surface area (Å²) in [4.78, 5) is 25.3. The van der Waals surface area contributed by atoms with Gasteiger partial charge in [-0.05, 0) is 83.5 Å². The van der Waals surface area contributed by atoms with Gasteiger partial charge in [0.2, 0.25) is 0 Å². The minimum atomic E-state index is -1.61. The van der Waals surface area contributed by atoms with Crippen molar-refractivity contribution in [2.45, 2.75) is 192 Å². The lowest BCUT2D eigenvalue weighted by atomic mass is 9.99. The zero-order valence-electron chi connectivity index (χ0n) is 35.3. The highest BCUT2D eigenvalue weighted by molar-refractivity contribution is 5.70. The predicted molar refractivity (Wildman–Crippen MR) is 228 cm³/mol. The molecular weight excluding hydrogens is 725 g/mol. The van der Waals surface area contributed by atoms with E-state index in [1.54, 1.807) is 0 Å². The molecule has 1 aliphatic rings. The molecule has 0 aliphatic carbocycles. The van der Waals surface area contributed by atoms with Gasteiger partial charge in [-0.15, -0.1) is 0 Å². The van der Waals surface area contributed by atoms with Crippen LogP contribution in [0.25, 0.3) is 0 Å². The van der Waals surface area contributed by atoms with Crippen LogP contribution in [-0.2, 0) is 28.5 Å². The quantitative estimate of drug-likeness (QED) is 0.0277. The van der Waals surface area contributed by atoms with Crippen molar-refractivity contribution in [2.24, 2.45) is 0 Å². The molecule has 0 radical (unpaired) electrons. The van der Waals surface area contributed by atoms with Crippen LogP contribution in [0.4, 0.5) is 0 Å². The number of allylic oxidation sites excluding steroid dienone is 12. The van der Waals surface area contributed by atoms with E-state index < -0.39 is 55.4 Å². The number of carbonyl (C=O) groups excluding carboxylic acids is 2. The first kappa shape index (κ1) is 52.2. The van der Waals surface area contributed by atoms with Gasteiger partial charge < -0.3 is 39.4 Å². The number of carbonyl (C=O) groups is 2. The Bertz CT molecular complexity index is 1160. The monoisotopic (exact) mass is 803 g/mol. The van der Waals surface area contributed by atoms with E-state index >= 15 is 0 Å². The van der Waals surface area contributed by atoms with Crippen LogP contribution in [0.3, 0.4) is 0 Å². The summed E-state index contributed by atoms with van der Waals surface area (Å²) in [5.41, 5.74) is 0. The molecule has 0 spiro atoms. The third-order valence-corrected chi connectivity index (χ3v) is 9.58. The molecule has 1 aliphatic heterocycles. The molecule has 10 heteroatoms. The molecule has 1 rings (SSSR count). The van der Waals surface area contributed by atoms with Gasteiger partial charge in [0.25, 0.3) is 0 Å². The maximum Gasteiger partial charge on any atom is 0.306 e. The third kappa shape index (κ3) is 29.1. The third-order valence-electron chi connectivity index (χ3n) is 9.58. The number of ether oxygens (including phenoxy) is 4. The Labute approximate surface area is 344 Å². The van der Waals surface area contributed by atoms with Crippen molar-refractivity contribution >= 4 is 11.9 Å². The number of rotatable bonds is 35. The second-order valence-corrected chi connectivity index (χ2v) is 14.8. The Balaban J connectivity index is 2.38. The molecule has 1 heterocycles. The highest BCUT2D eigenvalue weighted by Crippen LogP contribution is 2.22. The van der Waals surface area contributed by atoms with Crippen molar-refractivity contribution in [2.75, 3.05) is 19.8 Å². The van der Waals surface area contributed by atoms with Crippen LogP contribution in [0.15, 0.2) is 72.9 Å². The zero-order chi connectivity index (χ0) is 41.6. The Kier molecular flexibility index (Phi) is 34.2. The molecule has 57 heavy (non-hydrogen) atoms. The first-order valence-corrected chi connectivity index (χ1v) is 22.0.